The number of nitrogens with one attached hydrogen (secondary N) is 1. The number of fused-ring (bicyclic) bond motifs is 3. The Kier molecular flexibility index (Phi) is 3.95. The van der Waals surface area contributed by atoms with Gasteiger partial charge in [0.05, 0.1) is 23.6 Å². The Morgan fingerprint density at radius 3 is 2.69 bits per heavy atom. The molecule has 0 spiro atoms. The van der Waals surface area contributed by atoms with E-state index < -0.39 is 0 Å². The first-order valence-corrected chi connectivity index (χ1v) is 8.48. The molecule has 0 aromatic heterocycles. The summed E-state index contributed by atoms with van der Waals surface area (Å²) in [5.41, 5.74) is 3.73. The summed E-state index contributed by atoms with van der Waals surface area (Å²) in [5, 5.41) is 14.4. The zero-order chi connectivity index (χ0) is 18.3. The monoisotopic (exact) mass is 350 g/mol. The summed E-state index contributed by atoms with van der Waals surface area (Å²) in [7, 11) is 1.38. The standard InChI is InChI=1S/C20H18N2O4/c1-26-20(23)13-7-10-18-17(11-13)15-3-2-4-16(15)19(21-18)12-5-8-14(9-6-12)22(24)25/h2-3,5-11,15-16,19,21H,4H2,1H3/t15-,16+,19+/m1/s1. The predicted molar refractivity (Wildman–Crippen MR) is 97.2 cm³/mol. The maximum Gasteiger partial charge on any atom is 0.337 e. The molecule has 6 nitrogen and oxygen atoms in total. The number of methoxy groups -OCH3 is 1. The van der Waals surface area contributed by atoms with Crippen LogP contribution in [0.1, 0.15) is 39.9 Å². The van der Waals surface area contributed by atoms with Crippen molar-refractivity contribution in [3.05, 3.63) is 81.4 Å². The van der Waals surface area contributed by atoms with Crippen LogP contribution in [0.25, 0.3) is 0 Å². The first-order chi connectivity index (χ1) is 12.6. The van der Waals surface area contributed by atoms with Crippen molar-refractivity contribution in [1.82, 2.24) is 0 Å². The van der Waals surface area contributed by atoms with Crippen molar-refractivity contribution in [2.24, 2.45) is 5.92 Å². The Morgan fingerprint density at radius 1 is 1.23 bits per heavy atom. The van der Waals surface area contributed by atoms with Gasteiger partial charge in [0.15, 0.2) is 0 Å². The number of hydrogen-bond acceptors (Lipinski definition) is 5. The van der Waals surface area contributed by atoms with Gasteiger partial charge in [-0.3, -0.25) is 10.1 Å². The molecule has 6 heteroatoms. The zero-order valence-electron chi connectivity index (χ0n) is 14.2. The Balaban J connectivity index is 1.71. The maximum atomic E-state index is 11.8. The lowest BCUT2D eigenvalue weighted by molar-refractivity contribution is -0.384. The molecule has 132 valence electrons. The number of rotatable bonds is 3. The van der Waals surface area contributed by atoms with Crippen molar-refractivity contribution in [2.45, 2.75) is 18.4 Å². The molecule has 1 N–H and O–H groups in total. The summed E-state index contributed by atoms with van der Waals surface area (Å²) in [4.78, 5) is 22.3. The molecule has 2 aromatic carbocycles. The number of ether oxygens (including phenoxy) is 1. The van der Waals surface area contributed by atoms with Gasteiger partial charge in [-0.25, -0.2) is 4.79 Å². The second-order valence-corrected chi connectivity index (χ2v) is 6.62. The van der Waals surface area contributed by atoms with E-state index in [1.807, 2.05) is 24.3 Å². The fourth-order valence-electron chi connectivity index (χ4n) is 3.97. The molecule has 0 saturated carbocycles. The molecule has 0 bridgehead atoms. The van der Waals surface area contributed by atoms with Crippen molar-refractivity contribution in [3.8, 4) is 0 Å². The Hall–Kier alpha value is -3.15. The predicted octanol–water partition coefficient (Wildman–Crippen LogP) is 4.21. The van der Waals surface area contributed by atoms with Crippen LogP contribution in [0.2, 0.25) is 0 Å². The summed E-state index contributed by atoms with van der Waals surface area (Å²) in [6.07, 6.45) is 5.26. The van der Waals surface area contributed by atoms with Crippen LogP contribution >= 0.6 is 0 Å². The molecule has 3 atom stereocenters. The van der Waals surface area contributed by atoms with Crippen LogP contribution in [0.15, 0.2) is 54.6 Å². The zero-order valence-corrected chi connectivity index (χ0v) is 14.2. The van der Waals surface area contributed by atoms with Gasteiger partial charge in [0.1, 0.15) is 0 Å². The molecule has 0 radical (unpaired) electrons. The van der Waals surface area contributed by atoms with E-state index in [2.05, 4.69) is 17.5 Å². The van der Waals surface area contributed by atoms with Crippen LogP contribution in [-0.4, -0.2) is 18.0 Å². The smallest absolute Gasteiger partial charge is 0.337 e. The normalized spacial score (nSPS) is 22.9. The van der Waals surface area contributed by atoms with Gasteiger partial charge < -0.3 is 10.1 Å². The molecule has 2 aromatic rings. The van der Waals surface area contributed by atoms with Gasteiger partial charge in [-0.15, -0.1) is 0 Å². The molecular formula is C20H18N2O4. The van der Waals surface area contributed by atoms with Crippen LogP contribution in [0.4, 0.5) is 11.4 Å². The van der Waals surface area contributed by atoms with E-state index in [1.54, 1.807) is 18.2 Å². The number of nitrogens with zero attached hydrogens (tertiary/aromatic N) is 1. The lowest BCUT2D eigenvalue weighted by Crippen LogP contribution is -2.29. The molecule has 1 aliphatic heterocycles. The third kappa shape index (κ3) is 2.63. The van der Waals surface area contributed by atoms with E-state index >= 15 is 0 Å². The number of esters is 1. The minimum atomic E-state index is -0.387. The number of benzene rings is 2. The maximum absolute atomic E-state index is 11.8. The molecule has 0 fully saturated rings. The average molecular weight is 350 g/mol. The molecule has 26 heavy (non-hydrogen) atoms. The number of allylic oxidation sites excluding steroid dienone is 2. The molecule has 0 saturated heterocycles. The Labute approximate surface area is 150 Å². The minimum Gasteiger partial charge on any atom is -0.465 e. The quantitative estimate of drug-likeness (QED) is 0.388. The minimum absolute atomic E-state index is 0.0623. The summed E-state index contributed by atoms with van der Waals surface area (Å²) >= 11 is 0. The topological polar surface area (TPSA) is 81.5 Å². The van der Waals surface area contributed by atoms with Crippen LogP contribution < -0.4 is 5.32 Å². The lowest BCUT2D eigenvalue weighted by Gasteiger charge is -2.37. The molecule has 4 rings (SSSR count). The van der Waals surface area contributed by atoms with Crippen LogP contribution in [0.5, 0.6) is 0 Å². The van der Waals surface area contributed by atoms with Gasteiger partial charge in [-0.1, -0.05) is 24.3 Å². The largest absolute Gasteiger partial charge is 0.465 e. The Morgan fingerprint density at radius 2 is 2.00 bits per heavy atom. The first kappa shape index (κ1) is 16.3. The van der Waals surface area contributed by atoms with Crippen molar-refractivity contribution < 1.29 is 14.5 Å². The van der Waals surface area contributed by atoms with E-state index in [0.717, 1.165) is 23.2 Å². The molecule has 1 heterocycles. The number of non-ortho nitro benzene ring substituents is 1. The van der Waals surface area contributed by atoms with E-state index in [-0.39, 0.29) is 28.5 Å². The van der Waals surface area contributed by atoms with Gasteiger partial charge >= 0.3 is 5.97 Å². The van der Waals surface area contributed by atoms with E-state index in [0.29, 0.717) is 11.5 Å². The average Bonchev–Trinajstić information content (AvgIpc) is 3.16. The summed E-state index contributed by atoms with van der Waals surface area (Å²) in [6.45, 7) is 0. The third-order valence-electron chi connectivity index (χ3n) is 5.25. The molecule has 0 amide bonds. The molecule has 0 unspecified atom stereocenters. The summed E-state index contributed by atoms with van der Waals surface area (Å²) in [6, 6.07) is 12.3. The molecule has 1 aliphatic carbocycles. The van der Waals surface area contributed by atoms with Crippen molar-refractivity contribution in [3.63, 3.8) is 0 Å². The van der Waals surface area contributed by atoms with Crippen molar-refractivity contribution in [1.29, 1.82) is 0 Å². The fourth-order valence-corrected chi connectivity index (χ4v) is 3.97. The van der Waals surface area contributed by atoms with E-state index in [9.17, 15) is 14.9 Å². The van der Waals surface area contributed by atoms with E-state index in [4.69, 9.17) is 4.74 Å². The first-order valence-electron chi connectivity index (χ1n) is 8.48. The highest BCUT2D eigenvalue weighted by atomic mass is 16.6. The van der Waals surface area contributed by atoms with Gasteiger partial charge in [0, 0.05) is 23.7 Å². The van der Waals surface area contributed by atoms with Crippen LogP contribution in [-0.2, 0) is 4.74 Å². The third-order valence-corrected chi connectivity index (χ3v) is 5.25. The summed E-state index contributed by atoms with van der Waals surface area (Å²) < 4.78 is 4.83. The fraction of sp³-hybridized carbons (Fsp3) is 0.250. The SMILES string of the molecule is COC(=O)c1ccc2c(c1)[C@@H]1C=CC[C@@H]1[C@H](c1ccc([N+](=O)[O-])cc1)N2. The highest BCUT2D eigenvalue weighted by Crippen LogP contribution is 2.50. The Bertz CT molecular complexity index is 905. The molecule has 2 aliphatic rings. The lowest BCUT2D eigenvalue weighted by atomic mass is 9.76. The number of carbonyl (C=O) groups excluding carboxylic acids is 1. The highest BCUT2D eigenvalue weighted by Gasteiger charge is 2.38. The second-order valence-electron chi connectivity index (χ2n) is 6.62. The highest BCUT2D eigenvalue weighted by molar-refractivity contribution is 5.90. The number of hydrogen-bond donors (Lipinski definition) is 1. The number of nitro benzene ring substituents is 1. The van der Waals surface area contributed by atoms with Crippen molar-refractivity contribution >= 4 is 17.3 Å². The second kappa shape index (κ2) is 6.29. The summed E-state index contributed by atoms with van der Waals surface area (Å²) in [5.74, 6) is 0.164. The number of nitro groups is 1. The van der Waals surface area contributed by atoms with Crippen LogP contribution in [0.3, 0.4) is 0 Å². The van der Waals surface area contributed by atoms with Gasteiger partial charge in [0.2, 0.25) is 0 Å². The van der Waals surface area contributed by atoms with Crippen LogP contribution in [0, 0.1) is 16.0 Å². The van der Waals surface area contributed by atoms with Gasteiger partial charge in [-0.2, -0.15) is 0 Å². The van der Waals surface area contributed by atoms with Crippen molar-refractivity contribution in [2.75, 3.05) is 12.4 Å². The van der Waals surface area contributed by atoms with Gasteiger partial charge in [-0.05, 0) is 41.7 Å². The van der Waals surface area contributed by atoms with Gasteiger partial charge in [0.25, 0.3) is 5.69 Å². The van der Waals surface area contributed by atoms with E-state index in [1.165, 1.54) is 7.11 Å². The number of carbonyl (C=O) groups is 1. The number of anilines is 1. The molecular weight excluding hydrogens is 332 g/mol.